The number of rotatable bonds is 4. The van der Waals surface area contributed by atoms with Gasteiger partial charge >= 0.3 is 5.97 Å². The lowest BCUT2D eigenvalue weighted by Crippen LogP contribution is -2.52. The maximum Gasteiger partial charge on any atom is 0.311 e. The van der Waals surface area contributed by atoms with Crippen LogP contribution < -0.4 is 0 Å². The van der Waals surface area contributed by atoms with Crippen LogP contribution in [0.3, 0.4) is 0 Å². The highest BCUT2D eigenvalue weighted by Crippen LogP contribution is 2.65. The van der Waals surface area contributed by atoms with E-state index in [1.54, 1.807) is 26.8 Å². The number of ether oxygens (including phenoxy) is 1. The number of esters is 1. The molecule has 4 aliphatic rings. The van der Waals surface area contributed by atoms with Crippen LogP contribution in [0.15, 0.2) is 23.8 Å². The van der Waals surface area contributed by atoms with E-state index in [0.29, 0.717) is 30.6 Å². The van der Waals surface area contributed by atoms with Crippen molar-refractivity contribution in [2.45, 2.75) is 66.2 Å². The quantitative estimate of drug-likeness (QED) is 0.684. The molecule has 170 valence electrons. The molecule has 0 aromatic rings. The summed E-state index contributed by atoms with van der Waals surface area (Å²) in [7, 11) is 0. The number of hydrogen-bond acceptors (Lipinski definition) is 5. The van der Waals surface area contributed by atoms with Gasteiger partial charge in [0.15, 0.2) is 11.6 Å². The number of fused-ring (bicyclic) bond motifs is 5. The normalized spacial score (nSPS) is 39.3. The number of allylic oxidation sites excluding steroid dienone is 3. The van der Waals surface area contributed by atoms with Crippen molar-refractivity contribution in [1.82, 2.24) is 0 Å². The summed E-state index contributed by atoms with van der Waals surface area (Å²) in [6.07, 6.45) is 11.0. The largest absolute Gasteiger partial charge is 0.457 e. The monoisotopic (exact) mass is 428 g/mol. The fourth-order valence-electron chi connectivity index (χ4n) is 7.09. The Hall–Kier alpha value is -1.75. The third-order valence-electron chi connectivity index (χ3n) is 8.88. The Morgan fingerprint density at radius 1 is 1.16 bits per heavy atom. The zero-order chi connectivity index (χ0) is 22.6. The van der Waals surface area contributed by atoms with Gasteiger partial charge < -0.3 is 9.84 Å². The Bertz CT molecular complexity index is 846. The Morgan fingerprint density at radius 2 is 1.90 bits per heavy atom. The van der Waals surface area contributed by atoms with Gasteiger partial charge in [0.1, 0.15) is 6.61 Å². The molecule has 31 heavy (non-hydrogen) atoms. The van der Waals surface area contributed by atoms with E-state index in [1.807, 2.05) is 0 Å². The molecule has 4 aliphatic carbocycles. The fourth-order valence-corrected chi connectivity index (χ4v) is 7.09. The van der Waals surface area contributed by atoms with Crippen LogP contribution in [-0.2, 0) is 19.1 Å². The second kappa shape index (κ2) is 7.68. The van der Waals surface area contributed by atoms with E-state index < -0.39 is 5.41 Å². The molecule has 0 heterocycles. The van der Waals surface area contributed by atoms with E-state index in [0.717, 1.165) is 31.3 Å². The molecular weight excluding hydrogens is 392 g/mol. The highest BCUT2D eigenvalue weighted by molar-refractivity contribution is 5.92. The second-order valence-corrected chi connectivity index (χ2v) is 11.5. The molecule has 0 aliphatic heterocycles. The van der Waals surface area contributed by atoms with E-state index >= 15 is 0 Å². The average Bonchev–Trinajstić information content (AvgIpc) is 3.08. The van der Waals surface area contributed by atoms with Crippen molar-refractivity contribution in [1.29, 1.82) is 0 Å². The molecule has 5 heteroatoms. The maximum atomic E-state index is 13.1. The standard InChI is InChI=1S/C26H36O5/c1-24(2,3)23(30)31-14-22(29)21-8-7-19-18-6-5-16-13-17(28)9-12-26(16,15-27)20(18)10-11-25(19,21)4/h5-6,13,18-21,27H,7-12,14-15H2,1-4H3/t18-,19-,20-,21+,25-,26+/m0/s1. The van der Waals surface area contributed by atoms with Crippen LogP contribution in [0.5, 0.6) is 0 Å². The zero-order valence-electron chi connectivity index (χ0n) is 19.3. The average molecular weight is 429 g/mol. The van der Waals surface area contributed by atoms with Gasteiger partial charge in [-0.15, -0.1) is 0 Å². The summed E-state index contributed by atoms with van der Waals surface area (Å²) in [5, 5.41) is 10.4. The van der Waals surface area contributed by atoms with Crippen molar-refractivity contribution < 1.29 is 24.2 Å². The Kier molecular flexibility index (Phi) is 5.56. The van der Waals surface area contributed by atoms with E-state index in [-0.39, 0.29) is 47.5 Å². The van der Waals surface area contributed by atoms with Gasteiger partial charge in [-0.05, 0) is 87.7 Å². The van der Waals surface area contributed by atoms with Gasteiger partial charge in [0.05, 0.1) is 12.0 Å². The number of carbonyl (C=O) groups is 3. The predicted octanol–water partition coefficient (Wildman–Crippen LogP) is 4.04. The fraction of sp³-hybridized carbons (Fsp3) is 0.731. The summed E-state index contributed by atoms with van der Waals surface area (Å²) < 4.78 is 5.35. The van der Waals surface area contributed by atoms with Crippen LogP contribution in [0.2, 0.25) is 0 Å². The Labute approximate surface area is 185 Å². The zero-order valence-corrected chi connectivity index (χ0v) is 19.3. The van der Waals surface area contributed by atoms with Gasteiger partial charge in [-0.3, -0.25) is 14.4 Å². The topological polar surface area (TPSA) is 80.7 Å². The summed E-state index contributed by atoms with van der Waals surface area (Å²) in [6.45, 7) is 7.56. The Morgan fingerprint density at radius 3 is 2.58 bits per heavy atom. The Balaban J connectivity index is 1.54. The van der Waals surface area contributed by atoms with Crippen LogP contribution in [0.1, 0.15) is 66.2 Å². The number of ketones is 2. The molecule has 4 rings (SSSR count). The van der Waals surface area contributed by atoms with Crippen LogP contribution in [-0.4, -0.2) is 35.9 Å². The lowest BCUT2D eigenvalue weighted by Gasteiger charge is -2.56. The minimum atomic E-state index is -0.613. The third kappa shape index (κ3) is 3.53. The van der Waals surface area contributed by atoms with E-state index in [2.05, 4.69) is 19.1 Å². The molecule has 0 aromatic carbocycles. The van der Waals surface area contributed by atoms with Gasteiger partial charge in [-0.2, -0.15) is 0 Å². The summed E-state index contributed by atoms with van der Waals surface area (Å²) in [5.74, 6) is 0.766. The molecule has 0 saturated heterocycles. The van der Waals surface area contributed by atoms with Crippen molar-refractivity contribution in [3.05, 3.63) is 23.8 Å². The van der Waals surface area contributed by atoms with Crippen LogP contribution >= 0.6 is 0 Å². The molecular formula is C26H36O5. The highest BCUT2D eigenvalue weighted by atomic mass is 16.5. The van der Waals surface area contributed by atoms with Crippen LogP contribution in [0.25, 0.3) is 0 Å². The minimum absolute atomic E-state index is 0.0431. The maximum absolute atomic E-state index is 13.1. The molecule has 0 amide bonds. The van der Waals surface area contributed by atoms with Gasteiger partial charge in [0.2, 0.25) is 0 Å². The second-order valence-electron chi connectivity index (χ2n) is 11.5. The molecule has 1 N–H and O–H groups in total. The summed E-state index contributed by atoms with van der Waals surface area (Å²) in [6, 6.07) is 0. The van der Waals surface area contributed by atoms with Crippen molar-refractivity contribution >= 4 is 17.5 Å². The molecule has 2 saturated carbocycles. The van der Waals surface area contributed by atoms with Crippen LogP contribution in [0.4, 0.5) is 0 Å². The number of carbonyl (C=O) groups excluding carboxylic acids is 3. The third-order valence-corrected chi connectivity index (χ3v) is 8.88. The molecule has 0 bridgehead atoms. The van der Waals surface area contributed by atoms with E-state index in [4.69, 9.17) is 4.74 Å². The van der Waals surface area contributed by atoms with Crippen molar-refractivity contribution in [2.75, 3.05) is 13.2 Å². The van der Waals surface area contributed by atoms with Crippen molar-refractivity contribution in [2.24, 2.45) is 39.9 Å². The highest BCUT2D eigenvalue weighted by Gasteiger charge is 2.60. The van der Waals surface area contributed by atoms with E-state index in [1.165, 1.54) is 0 Å². The number of aliphatic hydroxyl groups is 1. The lowest BCUT2D eigenvalue weighted by molar-refractivity contribution is -0.158. The van der Waals surface area contributed by atoms with Gasteiger partial charge in [0, 0.05) is 17.8 Å². The molecule has 6 atom stereocenters. The first-order valence-electron chi connectivity index (χ1n) is 11.8. The van der Waals surface area contributed by atoms with Gasteiger partial charge in [-0.25, -0.2) is 0 Å². The van der Waals surface area contributed by atoms with Gasteiger partial charge in [0.25, 0.3) is 0 Å². The first-order chi connectivity index (χ1) is 14.5. The molecule has 0 aromatic heterocycles. The predicted molar refractivity (Wildman–Crippen MR) is 117 cm³/mol. The van der Waals surface area contributed by atoms with Crippen LogP contribution in [0, 0.1) is 39.9 Å². The summed E-state index contributed by atoms with van der Waals surface area (Å²) >= 11 is 0. The number of aliphatic hydroxyl groups excluding tert-OH is 1. The summed E-state index contributed by atoms with van der Waals surface area (Å²) in [5.41, 5.74) is -0.0489. The molecule has 5 nitrogen and oxygen atoms in total. The van der Waals surface area contributed by atoms with Crippen molar-refractivity contribution in [3.63, 3.8) is 0 Å². The molecule has 0 unspecified atom stereocenters. The smallest absolute Gasteiger partial charge is 0.311 e. The molecule has 0 spiro atoms. The number of hydrogen-bond donors (Lipinski definition) is 1. The minimum Gasteiger partial charge on any atom is -0.457 e. The first-order valence-corrected chi connectivity index (χ1v) is 11.8. The number of Topliss-reactive ketones (excluding diaryl/α,β-unsaturated/α-hetero) is 1. The molecule has 2 fully saturated rings. The molecule has 0 radical (unpaired) electrons. The van der Waals surface area contributed by atoms with Gasteiger partial charge in [-0.1, -0.05) is 19.1 Å². The SMILES string of the molecule is CC(C)(C)C(=O)OCC(=O)[C@H]1CC[C@H]2[C@@H]3C=CC4=CC(=O)CC[C@]4(CO)[C@H]3CC[C@]12C. The van der Waals surface area contributed by atoms with Crippen molar-refractivity contribution in [3.8, 4) is 0 Å². The first kappa shape index (κ1) is 22.4. The summed E-state index contributed by atoms with van der Waals surface area (Å²) in [4.78, 5) is 37.2. The lowest BCUT2D eigenvalue weighted by atomic mass is 9.48. The van der Waals surface area contributed by atoms with E-state index in [9.17, 15) is 19.5 Å².